The van der Waals surface area contributed by atoms with Crippen LogP contribution in [-0.2, 0) is 16.4 Å². The maximum atomic E-state index is 13.4. The monoisotopic (exact) mass is 301 g/mol. The van der Waals surface area contributed by atoms with Gasteiger partial charge in [0.15, 0.2) is 0 Å². The largest absolute Gasteiger partial charge is 0.293 e. The molecule has 0 aromatic heterocycles. The first-order chi connectivity index (χ1) is 8.99. The van der Waals surface area contributed by atoms with Crippen LogP contribution in [0.1, 0.15) is 31.9 Å². The van der Waals surface area contributed by atoms with E-state index in [1.807, 2.05) is 27.7 Å². The molecule has 0 radical (unpaired) electrons. The SMILES string of the molecule is Cc1ccc(F)cc1CN(CCS(C)(=O)=O)C(C)(C)C. The van der Waals surface area contributed by atoms with Crippen molar-refractivity contribution < 1.29 is 12.8 Å². The summed E-state index contributed by atoms with van der Waals surface area (Å²) in [5.74, 6) is -0.152. The van der Waals surface area contributed by atoms with Crippen molar-refractivity contribution in [1.82, 2.24) is 4.90 Å². The first kappa shape index (κ1) is 17.1. The summed E-state index contributed by atoms with van der Waals surface area (Å²) >= 11 is 0. The van der Waals surface area contributed by atoms with Gasteiger partial charge in [0, 0.05) is 24.9 Å². The predicted octanol–water partition coefficient (Wildman–Crippen LogP) is 2.78. The number of nitrogens with zero attached hydrogens (tertiary/aromatic N) is 1. The minimum atomic E-state index is -3.01. The van der Waals surface area contributed by atoms with E-state index in [2.05, 4.69) is 4.90 Å². The third-order valence-electron chi connectivity index (χ3n) is 3.35. The number of sulfone groups is 1. The van der Waals surface area contributed by atoms with E-state index in [1.54, 1.807) is 6.07 Å². The highest BCUT2D eigenvalue weighted by Crippen LogP contribution is 2.20. The van der Waals surface area contributed by atoms with Crippen LogP contribution in [0.25, 0.3) is 0 Å². The summed E-state index contributed by atoms with van der Waals surface area (Å²) in [4.78, 5) is 2.07. The molecule has 3 nitrogen and oxygen atoms in total. The molecule has 5 heteroatoms. The van der Waals surface area contributed by atoms with Gasteiger partial charge in [0.05, 0.1) is 5.75 Å². The fourth-order valence-electron chi connectivity index (χ4n) is 1.94. The topological polar surface area (TPSA) is 37.4 Å². The smallest absolute Gasteiger partial charge is 0.148 e. The molecule has 1 aromatic rings. The van der Waals surface area contributed by atoms with Gasteiger partial charge in [-0.2, -0.15) is 0 Å². The molecule has 114 valence electrons. The average molecular weight is 301 g/mol. The lowest BCUT2D eigenvalue weighted by atomic mass is 10.0. The Morgan fingerprint density at radius 1 is 1.25 bits per heavy atom. The van der Waals surface area contributed by atoms with E-state index in [-0.39, 0.29) is 17.1 Å². The zero-order valence-corrected chi connectivity index (χ0v) is 13.7. The summed E-state index contributed by atoms with van der Waals surface area (Å²) in [6, 6.07) is 4.72. The molecule has 0 aliphatic carbocycles. The Bertz CT molecular complexity index is 562. The summed E-state index contributed by atoms with van der Waals surface area (Å²) in [6.45, 7) is 9.02. The van der Waals surface area contributed by atoms with Crippen LogP contribution in [0.3, 0.4) is 0 Å². The van der Waals surface area contributed by atoms with Crippen molar-refractivity contribution in [1.29, 1.82) is 0 Å². The van der Waals surface area contributed by atoms with Crippen molar-refractivity contribution in [2.75, 3.05) is 18.6 Å². The Kier molecular flexibility index (Phi) is 5.33. The second-order valence-corrected chi connectivity index (χ2v) is 8.55. The molecule has 0 N–H and O–H groups in total. The Labute approximate surface area is 121 Å². The molecule has 0 saturated heterocycles. The standard InChI is InChI=1S/C15H24FNO2S/c1-12-6-7-14(16)10-13(12)11-17(15(2,3)4)8-9-20(5,18)19/h6-7,10H,8-9,11H2,1-5H3. The number of aryl methyl sites for hydroxylation is 1. The van der Waals surface area contributed by atoms with Gasteiger partial charge in [-0.05, 0) is 51.0 Å². The van der Waals surface area contributed by atoms with E-state index in [0.29, 0.717) is 13.1 Å². The molecule has 0 bridgehead atoms. The quantitative estimate of drug-likeness (QED) is 0.839. The van der Waals surface area contributed by atoms with Gasteiger partial charge in [-0.25, -0.2) is 12.8 Å². The van der Waals surface area contributed by atoms with Crippen LogP contribution in [-0.4, -0.2) is 37.4 Å². The predicted molar refractivity (Wildman–Crippen MR) is 81.0 cm³/mol. The van der Waals surface area contributed by atoms with Crippen molar-refractivity contribution in [3.05, 3.63) is 35.1 Å². The summed E-state index contributed by atoms with van der Waals surface area (Å²) in [5.41, 5.74) is 1.73. The van der Waals surface area contributed by atoms with Crippen LogP contribution in [0.5, 0.6) is 0 Å². The highest BCUT2D eigenvalue weighted by Gasteiger charge is 2.23. The van der Waals surface area contributed by atoms with Gasteiger partial charge in [0.2, 0.25) is 0 Å². The third-order valence-corrected chi connectivity index (χ3v) is 4.28. The second-order valence-electron chi connectivity index (χ2n) is 6.29. The van der Waals surface area contributed by atoms with Crippen molar-refractivity contribution in [2.24, 2.45) is 0 Å². The maximum absolute atomic E-state index is 13.4. The number of rotatable bonds is 5. The number of hydrogen-bond donors (Lipinski definition) is 0. The van der Waals surface area contributed by atoms with Gasteiger partial charge in [0.1, 0.15) is 15.7 Å². The number of halogens is 1. The van der Waals surface area contributed by atoms with Crippen LogP contribution in [0.4, 0.5) is 4.39 Å². The number of benzene rings is 1. The Hall–Kier alpha value is -0.940. The van der Waals surface area contributed by atoms with E-state index in [9.17, 15) is 12.8 Å². The highest BCUT2D eigenvalue weighted by atomic mass is 32.2. The average Bonchev–Trinajstić information content (AvgIpc) is 2.25. The van der Waals surface area contributed by atoms with Crippen LogP contribution in [0.15, 0.2) is 18.2 Å². The normalized spacial score (nSPS) is 12.9. The zero-order valence-electron chi connectivity index (χ0n) is 12.9. The van der Waals surface area contributed by atoms with Gasteiger partial charge in [-0.15, -0.1) is 0 Å². The van der Waals surface area contributed by atoms with Gasteiger partial charge in [-0.1, -0.05) is 6.07 Å². The fourth-order valence-corrected chi connectivity index (χ4v) is 2.50. The van der Waals surface area contributed by atoms with Gasteiger partial charge in [-0.3, -0.25) is 4.90 Å². The lowest BCUT2D eigenvalue weighted by Gasteiger charge is -2.36. The minimum Gasteiger partial charge on any atom is -0.293 e. The molecule has 0 spiro atoms. The molecular weight excluding hydrogens is 277 g/mol. The second kappa shape index (κ2) is 6.22. The van der Waals surface area contributed by atoms with Crippen molar-refractivity contribution in [2.45, 2.75) is 39.8 Å². The molecule has 20 heavy (non-hydrogen) atoms. The summed E-state index contributed by atoms with van der Waals surface area (Å²) in [6.07, 6.45) is 1.24. The highest BCUT2D eigenvalue weighted by molar-refractivity contribution is 7.90. The molecule has 1 aromatic carbocycles. The van der Waals surface area contributed by atoms with E-state index in [0.717, 1.165) is 11.1 Å². The number of hydrogen-bond acceptors (Lipinski definition) is 3. The van der Waals surface area contributed by atoms with E-state index < -0.39 is 9.84 Å². The van der Waals surface area contributed by atoms with Gasteiger partial charge >= 0.3 is 0 Å². The first-order valence-electron chi connectivity index (χ1n) is 6.67. The van der Waals surface area contributed by atoms with Crippen molar-refractivity contribution in [3.63, 3.8) is 0 Å². The van der Waals surface area contributed by atoms with E-state index in [4.69, 9.17) is 0 Å². The molecule has 0 saturated carbocycles. The lowest BCUT2D eigenvalue weighted by Crippen LogP contribution is -2.43. The summed E-state index contributed by atoms with van der Waals surface area (Å²) in [7, 11) is -3.01. The van der Waals surface area contributed by atoms with Crippen LogP contribution in [0.2, 0.25) is 0 Å². The molecule has 1 rings (SSSR count). The Morgan fingerprint density at radius 2 is 1.85 bits per heavy atom. The molecule has 0 atom stereocenters. The maximum Gasteiger partial charge on any atom is 0.148 e. The van der Waals surface area contributed by atoms with Crippen LogP contribution in [0, 0.1) is 12.7 Å². The minimum absolute atomic E-state index is 0.110. The van der Waals surface area contributed by atoms with Crippen molar-refractivity contribution >= 4 is 9.84 Å². The third kappa shape index (κ3) is 5.59. The zero-order chi connectivity index (χ0) is 15.6. The molecular formula is C15H24FNO2S. The van der Waals surface area contributed by atoms with E-state index in [1.165, 1.54) is 18.4 Å². The van der Waals surface area contributed by atoms with Gasteiger partial charge < -0.3 is 0 Å². The molecule has 0 fully saturated rings. The Balaban J connectivity index is 2.93. The molecule has 0 aliphatic heterocycles. The summed E-state index contributed by atoms with van der Waals surface area (Å²) < 4.78 is 36.1. The lowest BCUT2D eigenvalue weighted by molar-refractivity contribution is 0.136. The first-order valence-corrected chi connectivity index (χ1v) is 8.73. The molecule has 0 aliphatic rings. The van der Waals surface area contributed by atoms with E-state index >= 15 is 0 Å². The molecule has 0 unspecified atom stereocenters. The van der Waals surface area contributed by atoms with Gasteiger partial charge in [0.25, 0.3) is 0 Å². The van der Waals surface area contributed by atoms with Crippen LogP contribution >= 0.6 is 0 Å². The Morgan fingerprint density at radius 3 is 2.35 bits per heavy atom. The molecule has 0 heterocycles. The summed E-state index contributed by atoms with van der Waals surface area (Å²) in [5, 5.41) is 0. The van der Waals surface area contributed by atoms with Crippen LogP contribution < -0.4 is 0 Å². The molecule has 0 amide bonds. The fraction of sp³-hybridized carbons (Fsp3) is 0.600. The van der Waals surface area contributed by atoms with Crippen molar-refractivity contribution in [3.8, 4) is 0 Å².